The van der Waals surface area contributed by atoms with Crippen molar-refractivity contribution >= 4 is 17.1 Å². The maximum absolute atomic E-state index is 12.3. The van der Waals surface area contributed by atoms with Crippen LogP contribution in [0.3, 0.4) is 0 Å². The smallest absolute Gasteiger partial charge is 0.329 e. The van der Waals surface area contributed by atoms with E-state index < -0.39 is 17.4 Å². The first kappa shape index (κ1) is 20.4. The van der Waals surface area contributed by atoms with Gasteiger partial charge in [0.05, 0.1) is 20.3 Å². The molecule has 0 unspecified atom stereocenters. The molecule has 11 heteroatoms. The third kappa shape index (κ3) is 4.41. The predicted octanol–water partition coefficient (Wildman–Crippen LogP) is -0.724. The molecular formula is C18H23N5O6. The van der Waals surface area contributed by atoms with Crippen LogP contribution in [-0.4, -0.2) is 62.3 Å². The van der Waals surface area contributed by atoms with Gasteiger partial charge >= 0.3 is 5.69 Å². The van der Waals surface area contributed by atoms with Crippen LogP contribution in [0.15, 0.2) is 33.9 Å². The van der Waals surface area contributed by atoms with Crippen molar-refractivity contribution in [2.75, 3.05) is 32.2 Å². The van der Waals surface area contributed by atoms with Crippen molar-refractivity contribution in [3.05, 3.63) is 45.1 Å². The zero-order valence-electron chi connectivity index (χ0n) is 16.1. The van der Waals surface area contributed by atoms with Crippen LogP contribution in [0, 0.1) is 0 Å². The summed E-state index contributed by atoms with van der Waals surface area (Å²) >= 11 is 0. The molecule has 1 atom stereocenters. The molecule has 4 N–H and O–H groups in total. The first-order valence-corrected chi connectivity index (χ1v) is 8.93. The van der Waals surface area contributed by atoms with Gasteiger partial charge < -0.3 is 29.6 Å². The lowest BCUT2D eigenvalue weighted by atomic mass is 10.3. The Hall–Kier alpha value is -3.31. The zero-order valence-corrected chi connectivity index (χ0v) is 16.1. The standard InChI is InChI=1S/C18H23N5O6/c1-22-15-14(16(26)21-18(22)27)23(17(20-15)19-7-8-24)9-11(25)10-29-13-5-3-12(28-2)4-6-13/h3-6,11,24-25H,7-10H2,1-2H3,(H,19,20)(H,21,26,27)/t11-/m1/s1. The van der Waals surface area contributed by atoms with E-state index in [0.29, 0.717) is 11.5 Å². The third-order valence-electron chi connectivity index (χ3n) is 4.30. The predicted molar refractivity (Wildman–Crippen MR) is 106 cm³/mol. The summed E-state index contributed by atoms with van der Waals surface area (Å²) in [7, 11) is 3.05. The lowest BCUT2D eigenvalue weighted by Crippen LogP contribution is -2.31. The fourth-order valence-corrected chi connectivity index (χ4v) is 2.84. The number of fused-ring (bicyclic) bond motifs is 1. The van der Waals surface area contributed by atoms with Gasteiger partial charge in [-0.3, -0.25) is 14.3 Å². The highest BCUT2D eigenvalue weighted by Gasteiger charge is 2.19. The number of H-pyrrole nitrogens is 1. The van der Waals surface area contributed by atoms with E-state index in [2.05, 4.69) is 15.3 Å². The molecule has 2 heterocycles. The summed E-state index contributed by atoms with van der Waals surface area (Å²) in [6, 6.07) is 6.91. The minimum absolute atomic E-state index is 0.0122. The number of aliphatic hydroxyl groups excluding tert-OH is 2. The Bertz CT molecular complexity index is 1090. The van der Waals surface area contributed by atoms with Crippen LogP contribution in [0.5, 0.6) is 11.5 Å². The number of methoxy groups -OCH3 is 1. The summed E-state index contributed by atoms with van der Waals surface area (Å²) in [5.41, 5.74) is -0.904. The first-order chi connectivity index (χ1) is 13.9. The Morgan fingerprint density at radius 3 is 2.59 bits per heavy atom. The van der Waals surface area contributed by atoms with Crippen molar-refractivity contribution in [2.45, 2.75) is 12.6 Å². The first-order valence-electron chi connectivity index (χ1n) is 8.93. The highest BCUT2D eigenvalue weighted by molar-refractivity contribution is 5.74. The summed E-state index contributed by atoms with van der Waals surface area (Å²) < 4.78 is 13.3. The minimum atomic E-state index is -0.971. The molecule has 1 aromatic carbocycles. The Morgan fingerprint density at radius 1 is 1.24 bits per heavy atom. The number of nitrogens with one attached hydrogen (secondary N) is 2. The van der Waals surface area contributed by atoms with E-state index in [1.807, 2.05) is 0 Å². The number of imidazole rings is 1. The third-order valence-corrected chi connectivity index (χ3v) is 4.30. The van der Waals surface area contributed by atoms with Gasteiger partial charge in [0.1, 0.15) is 24.2 Å². The number of hydrogen-bond donors (Lipinski definition) is 4. The molecule has 156 valence electrons. The van der Waals surface area contributed by atoms with Crippen molar-refractivity contribution in [1.82, 2.24) is 19.1 Å². The van der Waals surface area contributed by atoms with Gasteiger partial charge in [0.2, 0.25) is 5.95 Å². The summed E-state index contributed by atoms with van der Waals surface area (Å²) in [5.74, 6) is 1.50. The topological polar surface area (TPSA) is 144 Å². The lowest BCUT2D eigenvalue weighted by molar-refractivity contribution is 0.0938. The maximum atomic E-state index is 12.3. The van der Waals surface area contributed by atoms with Gasteiger partial charge in [0.15, 0.2) is 11.2 Å². The molecule has 0 saturated heterocycles. The average molecular weight is 405 g/mol. The molecule has 0 aliphatic rings. The van der Waals surface area contributed by atoms with E-state index in [0.717, 1.165) is 0 Å². The summed E-state index contributed by atoms with van der Waals surface area (Å²) in [4.78, 5) is 30.7. The Morgan fingerprint density at radius 2 is 1.93 bits per heavy atom. The van der Waals surface area contributed by atoms with Gasteiger partial charge in [0, 0.05) is 13.6 Å². The summed E-state index contributed by atoms with van der Waals surface area (Å²) in [5, 5.41) is 22.4. The minimum Gasteiger partial charge on any atom is -0.497 e. The fraction of sp³-hybridized carbons (Fsp3) is 0.389. The van der Waals surface area contributed by atoms with Gasteiger partial charge in [-0.1, -0.05) is 0 Å². The number of aryl methyl sites for hydroxylation is 1. The van der Waals surface area contributed by atoms with Gasteiger partial charge in [-0.25, -0.2) is 4.79 Å². The maximum Gasteiger partial charge on any atom is 0.329 e. The van der Waals surface area contributed by atoms with Gasteiger partial charge in [-0.05, 0) is 24.3 Å². The number of aromatic nitrogens is 4. The number of nitrogens with zero attached hydrogens (tertiary/aromatic N) is 3. The number of aliphatic hydroxyl groups is 2. The molecule has 0 spiro atoms. The lowest BCUT2D eigenvalue weighted by Gasteiger charge is -2.16. The van der Waals surface area contributed by atoms with E-state index in [1.54, 1.807) is 31.4 Å². The van der Waals surface area contributed by atoms with Crippen LogP contribution in [0.1, 0.15) is 0 Å². The quantitative estimate of drug-likeness (QED) is 0.365. The van der Waals surface area contributed by atoms with Crippen molar-refractivity contribution < 1.29 is 19.7 Å². The van der Waals surface area contributed by atoms with Crippen LogP contribution >= 0.6 is 0 Å². The van der Waals surface area contributed by atoms with Crippen molar-refractivity contribution in [3.63, 3.8) is 0 Å². The molecular weight excluding hydrogens is 382 g/mol. The van der Waals surface area contributed by atoms with E-state index in [4.69, 9.17) is 14.6 Å². The molecule has 3 rings (SSSR count). The zero-order chi connectivity index (χ0) is 21.0. The highest BCUT2D eigenvalue weighted by atomic mass is 16.5. The highest BCUT2D eigenvalue weighted by Crippen LogP contribution is 2.18. The van der Waals surface area contributed by atoms with Crippen LogP contribution in [0.25, 0.3) is 11.2 Å². The van der Waals surface area contributed by atoms with Gasteiger partial charge in [-0.15, -0.1) is 0 Å². The van der Waals surface area contributed by atoms with E-state index in [-0.39, 0.29) is 43.4 Å². The fourth-order valence-electron chi connectivity index (χ4n) is 2.84. The van der Waals surface area contributed by atoms with Gasteiger partial charge in [-0.2, -0.15) is 4.98 Å². The van der Waals surface area contributed by atoms with Gasteiger partial charge in [0.25, 0.3) is 5.56 Å². The number of benzene rings is 1. The second-order valence-corrected chi connectivity index (χ2v) is 6.33. The number of hydrogen-bond acceptors (Lipinski definition) is 8. The molecule has 0 saturated carbocycles. The average Bonchev–Trinajstić information content (AvgIpc) is 3.08. The van der Waals surface area contributed by atoms with Crippen LogP contribution in [0.4, 0.5) is 5.95 Å². The normalized spacial score (nSPS) is 12.1. The van der Waals surface area contributed by atoms with Crippen LogP contribution in [-0.2, 0) is 13.6 Å². The molecule has 11 nitrogen and oxygen atoms in total. The SMILES string of the molecule is COc1ccc(OC[C@H](O)Cn2c(NCCO)nc3c2c(=O)[nH]c(=O)n3C)cc1. The largest absolute Gasteiger partial charge is 0.497 e. The molecule has 0 radical (unpaired) electrons. The Labute approximate surface area is 165 Å². The second kappa shape index (κ2) is 8.80. The second-order valence-electron chi connectivity index (χ2n) is 6.33. The number of anilines is 1. The molecule has 3 aromatic rings. The Balaban J connectivity index is 1.84. The molecule has 2 aromatic heterocycles. The van der Waals surface area contributed by atoms with E-state index >= 15 is 0 Å². The molecule has 0 bridgehead atoms. The molecule has 0 fully saturated rings. The molecule has 0 aliphatic carbocycles. The van der Waals surface area contributed by atoms with Crippen molar-refractivity contribution in [2.24, 2.45) is 7.05 Å². The Kier molecular flexibility index (Phi) is 6.20. The number of ether oxygens (including phenoxy) is 2. The number of rotatable bonds is 9. The van der Waals surface area contributed by atoms with Crippen molar-refractivity contribution in [1.29, 1.82) is 0 Å². The van der Waals surface area contributed by atoms with Crippen LogP contribution < -0.4 is 26.0 Å². The summed E-state index contributed by atoms with van der Waals surface area (Å²) in [6.07, 6.45) is -0.971. The monoisotopic (exact) mass is 405 g/mol. The van der Waals surface area contributed by atoms with Crippen molar-refractivity contribution in [3.8, 4) is 11.5 Å². The number of aromatic amines is 1. The van der Waals surface area contributed by atoms with Crippen LogP contribution in [0.2, 0.25) is 0 Å². The molecule has 0 aliphatic heterocycles. The van der Waals surface area contributed by atoms with E-state index in [9.17, 15) is 14.7 Å². The molecule has 0 amide bonds. The van der Waals surface area contributed by atoms with E-state index in [1.165, 1.54) is 16.2 Å². The summed E-state index contributed by atoms with van der Waals surface area (Å²) in [6.45, 7) is -0.00788. The molecule has 29 heavy (non-hydrogen) atoms.